The molecule has 3 N–H and O–H groups in total. The maximum atomic E-state index is 12.0. The van der Waals surface area contributed by atoms with Crippen molar-refractivity contribution in [3.8, 4) is 0 Å². The summed E-state index contributed by atoms with van der Waals surface area (Å²) in [6, 6.07) is 5.29. The Bertz CT molecular complexity index is 423. The topological polar surface area (TPSA) is 75.4 Å². The van der Waals surface area contributed by atoms with E-state index in [4.69, 9.17) is 28.9 Å². The summed E-state index contributed by atoms with van der Waals surface area (Å²) in [7, 11) is 0. The fourth-order valence-corrected chi connectivity index (χ4v) is 1.49. The van der Waals surface area contributed by atoms with Crippen molar-refractivity contribution in [1.82, 2.24) is 10.4 Å². The molecule has 98 valence electrons. The molecule has 0 atom stereocenters. The Morgan fingerprint density at radius 3 is 2.39 bits per heavy atom. The lowest BCUT2D eigenvalue weighted by atomic mass is 10.2. The number of alkyl halides is 1. The first-order valence-electron chi connectivity index (χ1n) is 5.25. The van der Waals surface area contributed by atoms with Gasteiger partial charge in [-0.15, -0.1) is 11.6 Å². The summed E-state index contributed by atoms with van der Waals surface area (Å²) >= 11 is 11.2. The van der Waals surface area contributed by atoms with E-state index in [1.807, 2.05) is 0 Å². The molecule has 0 aliphatic carbocycles. The van der Waals surface area contributed by atoms with Gasteiger partial charge in [0.1, 0.15) is 0 Å². The molecule has 0 aliphatic rings. The second-order valence-corrected chi connectivity index (χ2v) is 4.25. The van der Waals surface area contributed by atoms with Gasteiger partial charge in [-0.1, -0.05) is 11.6 Å². The predicted octanol–water partition coefficient (Wildman–Crippen LogP) is 1.99. The van der Waals surface area contributed by atoms with Crippen LogP contribution in [0.5, 0.6) is 0 Å². The van der Waals surface area contributed by atoms with Crippen LogP contribution in [0.15, 0.2) is 24.3 Å². The maximum absolute atomic E-state index is 12.0. The van der Waals surface area contributed by atoms with Crippen LogP contribution >= 0.6 is 23.2 Å². The first-order valence-corrected chi connectivity index (χ1v) is 6.16. The molecular formula is C11H13Cl2N3O2. The van der Waals surface area contributed by atoms with Crippen LogP contribution in [0.3, 0.4) is 0 Å². The third kappa shape index (κ3) is 4.18. The fraction of sp³-hybridized carbons (Fsp3) is 0.273. The van der Waals surface area contributed by atoms with Gasteiger partial charge in [-0.2, -0.15) is 5.01 Å². The molecule has 0 saturated carbocycles. The third-order valence-corrected chi connectivity index (χ3v) is 2.61. The van der Waals surface area contributed by atoms with Gasteiger partial charge < -0.3 is 5.73 Å². The third-order valence-electron chi connectivity index (χ3n) is 2.09. The molecule has 0 spiro atoms. The number of carbonyl (C=O) groups is 2. The Hall–Kier alpha value is -1.30. The predicted molar refractivity (Wildman–Crippen MR) is 70.5 cm³/mol. The molecule has 5 nitrogen and oxygen atoms in total. The Morgan fingerprint density at radius 2 is 1.89 bits per heavy atom. The van der Waals surface area contributed by atoms with Gasteiger partial charge >= 0.3 is 6.03 Å². The normalized spacial score (nSPS) is 10.1. The summed E-state index contributed by atoms with van der Waals surface area (Å²) < 4.78 is 0. The van der Waals surface area contributed by atoms with E-state index in [0.717, 1.165) is 5.01 Å². The van der Waals surface area contributed by atoms with Crippen LogP contribution in [0.1, 0.15) is 16.8 Å². The number of nitrogens with two attached hydrogens (primary N) is 1. The second kappa shape index (κ2) is 7.20. The van der Waals surface area contributed by atoms with Crippen molar-refractivity contribution in [3.05, 3.63) is 34.9 Å². The highest BCUT2D eigenvalue weighted by molar-refractivity contribution is 6.30. The zero-order valence-electron chi connectivity index (χ0n) is 9.53. The van der Waals surface area contributed by atoms with E-state index in [9.17, 15) is 9.59 Å². The zero-order chi connectivity index (χ0) is 13.5. The average molecular weight is 290 g/mol. The summed E-state index contributed by atoms with van der Waals surface area (Å²) in [5, 5.41) is 1.27. The monoisotopic (exact) mass is 289 g/mol. The molecule has 0 fully saturated rings. The minimum absolute atomic E-state index is 0.316. The molecule has 1 aromatic rings. The average Bonchev–Trinajstić information content (AvgIpc) is 2.34. The Kier molecular flexibility index (Phi) is 5.91. The van der Waals surface area contributed by atoms with E-state index in [1.165, 1.54) is 12.1 Å². The number of amides is 3. The SMILES string of the molecule is NC(=O)N(NCCCCl)C(=O)c1ccc(Cl)cc1. The lowest BCUT2D eigenvalue weighted by Gasteiger charge is -2.19. The number of primary amides is 1. The quantitative estimate of drug-likeness (QED) is 0.494. The molecule has 1 aromatic carbocycles. The molecule has 0 aromatic heterocycles. The second-order valence-electron chi connectivity index (χ2n) is 3.44. The smallest absolute Gasteiger partial charge is 0.336 e. The van der Waals surface area contributed by atoms with Gasteiger partial charge in [-0.25, -0.2) is 10.2 Å². The molecule has 7 heteroatoms. The maximum Gasteiger partial charge on any atom is 0.336 e. The molecule has 0 heterocycles. The number of benzene rings is 1. The van der Waals surface area contributed by atoms with E-state index in [0.29, 0.717) is 29.4 Å². The van der Waals surface area contributed by atoms with Crippen molar-refractivity contribution in [3.63, 3.8) is 0 Å². The van der Waals surface area contributed by atoms with Gasteiger partial charge in [0.05, 0.1) is 0 Å². The van der Waals surface area contributed by atoms with Crippen LogP contribution in [0, 0.1) is 0 Å². The van der Waals surface area contributed by atoms with Crippen molar-refractivity contribution in [1.29, 1.82) is 0 Å². The number of imide groups is 1. The van der Waals surface area contributed by atoms with Crippen LogP contribution in [-0.4, -0.2) is 29.4 Å². The Labute approximate surface area is 115 Å². The van der Waals surface area contributed by atoms with E-state index in [-0.39, 0.29) is 0 Å². The van der Waals surface area contributed by atoms with Gasteiger partial charge in [0.15, 0.2) is 0 Å². The molecule has 18 heavy (non-hydrogen) atoms. The lowest BCUT2D eigenvalue weighted by molar-refractivity contribution is 0.0738. The molecule has 3 amide bonds. The minimum atomic E-state index is -0.871. The van der Waals surface area contributed by atoms with Crippen LogP contribution in [0.2, 0.25) is 5.02 Å². The van der Waals surface area contributed by atoms with Gasteiger partial charge in [0, 0.05) is 23.0 Å². The van der Waals surface area contributed by atoms with Crippen LogP contribution in [0.25, 0.3) is 0 Å². The molecule has 0 saturated heterocycles. The number of hydrogen-bond acceptors (Lipinski definition) is 3. The molecule has 0 unspecified atom stereocenters. The highest BCUT2D eigenvalue weighted by Crippen LogP contribution is 2.11. The Balaban J connectivity index is 2.76. The van der Waals surface area contributed by atoms with Crippen molar-refractivity contribution < 1.29 is 9.59 Å². The number of carbonyl (C=O) groups excluding carboxylic acids is 2. The zero-order valence-corrected chi connectivity index (χ0v) is 11.0. The summed E-state index contributed by atoms with van der Waals surface area (Å²) in [5.41, 5.74) is 8.07. The minimum Gasteiger partial charge on any atom is -0.350 e. The molecule has 0 aliphatic heterocycles. The number of urea groups is 1. The van der Waals surface area contributed by atoms with E-state index in [1.54, 1.807) is 12.1 Å². The number of nitrogens with zero attached hydrogens (tertiary/aromatic N) is 1. The summed E-state index contributed by atoms with van der Waals surface area (Å²) in [5.74, 6) is -0.108. The van der Waals surface area contributed by atoms with Gasteiger partial charge in [-0.3, -0.25) is 4.79 Å². The molecular weight excluding hydrogens is 277 g/mol. The van der Waals surface area contributed by atoms with Crippen molar-refractivity contribution >= 4 is 35.1 Å². The summed E-state index contributed by atoms with van der Waals surface area (Å²) in [4.78, 5) is 23.2. The number of hydrogen-bond donors (Lipinski definition) is 2. The highest BCUT2D eigenvalue weighted by atomic mass is 35.5. The molecule has 1 rings (SSSR count). The summed E-state index contributed by atoms with van der Waals surface area (Å²) in [6.45, 7) is 0.381. The Morgan fingerprint density at radius 1 is 1.28 bits per heavy atom. The largest absolute Gasteiger partial charge is 0.350 e. The molecule has 0 bridgehead atoms. The number of hydrazine groups is 1. The van der Waals surface area contributed by atoms with Crippen molar-refractivity contribution in [2.75, 3.05) is 12.4 Å². The standard InChI is InChI=1S/C11H13Cl2N3O2/c12-6-1-7-15-16(11(14)18)10(17)8-2-4-9(13)5-3-8/h2-5,15H,1,6-7H2,(H2,14,18). The van der Waals surface area contributed by atoms with Crippen LogP contribution < -0.4 is 11.2 Å². The highest BCUT2D eigenvalue weighted by Gasteiger charge is 2.19. The van der Waals surface area contributed by atoms with E-state index >= 15 is 0 Å². The molecule has 0 radical (unpaired) electrons. The van der Waals surface area contributed by atoms with E-state index in [2.05, 4.69) is 5.43 Å². The van der Waals surface area contributed by atoms with Gasteiger partial charge in [0.2, 0.25) is 0 Å². The number of halogens is 2. The fourth-order valence-electron chi connectivity index (χ4n) is 1.23. The lowest BCUT2D eigenvalue weighted by Crippen LogP contribution is -2.50. The van der Waals surface area contributed by atoms with Crippen LogP contribution in [0.4, 0.5) is 4.79 Å². The first-order chi connectivity index (χ1) is 8.56. The number of nitrogens with one attached hydrogen (secondary N) is 1. The van der Waals surface area contributed by atoms with Crippen LogP contribution in [-0.2, 0) is 0 Å². The van der Waals surface area contributed by atoms with Crippen molar-refractivity contribution in [2.24, 2.45) is 5.73 Å². The van der Waals surface area contributed by atoms with Gasteiger partial charge in [-0.05, 0) is 30.7 Å². The first kappa shape index (κ1) is 14.8. The van der Waals surface area contributed by atoms with E-state index < -0.39 is 11.9 Å². The van der Waals surface area contributed by atoms with Gasteiger partial charge in [0.25, 0.3) is 5.91 Å². The number of rotatable bonds is 5. The van der Waals surface area contributed by atoms with Crippen molar-refractivity contribution in [2.45, 2.75) is 6.42 Å². The summed E-state index contributed by atoms with van der Waals surface area (Å²) in [6.07, 6.45) is 0.610.